The fourth-order valence-corrected chi connectivity index (χ4v) is 5.50. The molecule has 0 bridgehead atoms. The van der Waals surface area contributed by atoms with Gasteiger partial charge in [-0.15, -0.1) is 13.2 Å². The van der Waals surface area contributed by atoms with Gasteiger partial charge >= 0.3 is 0 Å². The maximum absolute atomic E-state index is 10.3. The number of rotatable bonds is 6. The zero-order valence-corrected chi connectivity index (χ0v) is 18.5. The van der Waals surface area contributed by atoms with Gasteiger partial charge in [-0.2, -0.15) is 0 Å². The minimum absolute atomic E-state index is 0.238. The first-order valence-corrected chi connectivity index (χ1v) is 11.2. The summed E-state index contributed by atoms with van der Waals surface area (Å²) in [6, 6.07) is 28.4. The van der Waals surface area contributed by atoms with Crippen LogP contribution in [-0.4, -0.2) is 10.2 Å². The second-order valence-electron chi connectivity index (χ2n) is 8.51. The van der Waals surface area contributed by atoms with Crippen molar-refractivity contribution in [3.05, 3.63) is 144 Å². The number of benzene rings is 4. The van der Waals surface area contributed by atoms with Gasteiger partial charge in [-0.1, -0.05) is 72.8 Å². The standard InChI is InChI=1S/C31H26O2/c1-3-9-21-19-23(32)15-17-27(21)31(28-18-16-24(33)20-22(28)10-4-2)29-13-7-5-11-25(29)26-12-6-8-14-30(26)31/h3-8,11-20,32-33H,1-2,9-10H2. The van der Waals surface area contributed by atoms with Crippen molar-refractivity contribution in [1.82, 2.24) is 0 Å². The van der Waals surface area contributed by atoms with E-state index in [1.807, 2.05) is 36.4 Å². The van der Waals surface area contributed by atoms with Crippen LogP contribution in [0.2, 0.25) is 0 Å². The predicted molar refractivity (Wildman–Crippen MR) is 135 cm³/mol. The van der Waals surface area contributed by atoms with Crippen molar-refractivity contribution < 1.29 is 10.2 Å². The predicted octanol–water partition coefficient (Wildman–Crippen LogP) is 6.92. The molecule has 1 aliphatic rings. The van der Waals surface area contributed by atoms with Gasteiger partial charge in [0, 0.05) is 0 Å². The minimum Gasteiger partial charge on any atom is -0.508 e. The van der Waals surface area contributed by atoms with Crippen LogP contribution in [0.5, 0.6) is 11.5 Å². The van der Waals surface area contributed by atoms with Crippen LogP contribution in [0.3, 0.4) is 0 Å². The van der Waals surface area contributed by atoms with E-state index in [0.29, 0.717) is 12.8 Å². The molecular formula is C31H26O2. The highest BCUT2D eigenvalue weighted by atomic mass is 16.3. The molecule has 4 aromatic carbocycles. The molecule has 2 N–H and O–H groups in total. The van der Waals surface area contributed by atoms with Crippen molar-refractivity contribution in [3.63, 3.8) is 0 Å². The second kappa shape index (κ2) is 8.14. The summed E-state index contributed by atoms with van der Waals surface area (Å²) in [6.45, 7) is 7.94. The highest BCUT2D eigenvalue weighted by Gasteiger charge is 2.47. The van der Waals surface area contributed by atoms with Crippen molar-refractivity contribution in [1.29, 1.82) is 0 Å². The molecule has 0 saturated heterocycles. The number of hydrogen-bond acceptors (Lipinski definition) is 2. The van der Waals surface area contributed by atoms with E-state index in [2.05, 4.69) is 61.7 Å². The van der Waals surface area contributed by atoms with Crippen LogP contribution < -0.4 is 0 Å². The van der Waals surface area contributed by atoms with Gasteiger partial charge in [0.2, 0.25) is 0 Å². The summed E-state index contributed by atoms with van der Waals surface area (Å²) in [4.78, 5) is 0. The average molecular weight is 431 g/mol. The lowest BCUT2D eigenvalue weighted by Crippen LogP contribution is -2.31. The van der Waals surface area contributed by atoms with E-state index in [9.17, 15) is 10.2 Å². The molecule has 162 valence electrons. The highest BCUT2D eigenvalue weighted by molar-refractivity contribution is 5.87. The van der Waals surface area contributed by atoms with E-state index in [1.54, 1.807) is 12.1 Å². The molecule has 2 heteroatoms. The highest BCUT2D eigenvalue weighted by Crippen LogP contribution is 2.57. The van der Waals surface area contributed by atoms with Crippen molar-refractivity contribution in [3.8, 4) is 22.6 Å². The normalized spacial score (nSPS) is 13.2. The Morgan fingerprint density at radius 1 is 0.576 bits per heavy atom. The molecular weight excluding hydrogens is 404 g/mol. The Kier molecular flexibility index (Phi) is 5.14. The number of hydrogen-bond donors (Lipinski definition) is 2. The lowest BCUT2D eigenvalue weighted by molar-refractivity contribution is 0.474. The smallest absolute Gasteiger partial charge is 0.115 e. The molecule has 0 fully saturated rings. The van der Waals surface area contributed by atoms with Crippen LogP contribution in [0.15, 0.2) is 110 Å². The van der Waals surface area contributed by atoms with Crippen LogP contribution in [-0.2, 0) is 18.3 Å². The molecule has 0 amide bonds. The van der Waals surface area contributed by atoms with Gasteiger partial charge in [0.25, 0.3) is 0 Å². The third-order valence-electron chi connectivity index (χ3n) is 6.67. The Morgan fingerprint density at radius 2 is 1.00 bits per heavy atom. The Hall–Kier alpha value is -4.04. The van der Waals surface area contributed by atoms with Gasteiger partial charge in [-0.3, -0.25) is 0 Å². The molecule has 0 aromatic heterocycles. The van der Waals surface area contributed by atoms with Crippen LogP contribution in [0.4, 0.5) is 0 Å². The second-order valence-corrected chi connectivity index (χ2v) is 8.51. The van der Waals surface area contributed by atoms with Gasteiger partial charge in [-0.25, -0.2) is 0 Å². The van der Waals surface area contributed by atoms with Gasteiger partial charge in [-0.05, 0) is 81.6 Å². The first-order chi connectivity index (χ1) is 16.1. The van der Waals surface area contributed by atoms with Crippen LogP contribution in [0, 0.1) is 0 Å². The molecule has 2 nitrogen and oxygen atoms in total. The largest absolute Gasteiger partial charge is 0.508 e. The van der Waals surface area contributed by atoms with Gasteiger partial charge in [0.1, 0.15) is 11.5 Å². The zero-order valence-electron chi connectivity index (χ0n) is 18.5. The quantitative estimate of drug-likeness (QED) is 0.287. The topological polar surface area (TPSA) is 40.5 Å². The van der Waals surface area contributed by atoms with Crippen LogP contribution in [0.1, 0.15) is 33.4 Å². The molecule has 4 aromatic rings. The van der Waals surface area contributed by atoms with Gasteiger partial charge in [0.15, 0.2) is 0 Å². The van der Waals surface area contributed by atoms with Crippen molar-refractivity contribution in [2.45, 2.75) is 18.3 Å². The Labute approximate surface area is 194 Å². The van der Waals surface area contributed by atoms with Crippen LogP contribution >= 0.6 is 0 Å². The maximum atomic E-state index is 10.3. The van der Waals surface area contributed by atoms with Crippen molar-refractivity contribution >= 4 is 0 Å². The first-order valence-electron chi connectivity index (χ1n) is 11.2. The molecule has 0 saturated carbocycles. The molecule has 0 radical (unpaired) electrons. The summed E-state index contributed by atoms with van der Waals surface area (Å²) in [5.74, 6) is 0.477. The summed E-state index contributed by atoms with van der Waals surface area (Å²) in [7, 11) is 0. The minimum atomic E-state index is -0.606. The van der Waals surface area contributed by atoms with E-state index in [-0.39, 0.29) is 11.5 Å². The van der Waals surface area contributed by atoms with Gasteiger partial charge < -0.3 is 10.2 Å². The summed E-state index contributed by atoms with van der Waals surface area (Å²) in [5.41, 5.74) is 8.43. The lowest BCUT2D eigenvalue weighted by Gasteiger charge is -2.37. The van der Waals surface area contributed by atoms with E-state index >= 15 is 0 Å². The maximum Gasteiger partial charge on any atom is 0.115 e. The molecule has 1 aliphatic carbocycles. The number of phenols is 2. The van der Waals surface area contributed by atoms with E-state index in [0.717, 1.165) is 22.3 Å². The Bertz CT molecular complexity index is 1270. The molecule has 0 aliphatic heterocycles. The fraction of sp³-hybridized carbons (Fsp3) is 0.0968. The average Bonchev–Trinajstić information content (AvgIpc) is 3.11. The SMILES string of the molecule is C=CCc1cc(O)ccc1C1(c2ccc(O)cc2CC=C)c2ccccc2-c2ccccc21. The number of fused-ring (bicyclic) bond motifs is 3. The zero-order chi connectivity index (χ0) is 23.0. The summed E-state index contributed by atoms with van der Waals surface area (Å²) in [5, 5.41) is 20.7. The summed E-state index contributed by atoms with van der Waals surface area (Å²) >= 11 is 0. The number of aromatic hydroxyl groups is 2. The van der Waals surface area contributed by atoms with Crippen LogP contribution in [0.25, 0.3) is 11.1 Å². The molecule has 0 heterocycles. The summed E-state index contributed by atoms with van der Waals surface area (Å²) in [6.07, 6.45) is 5.01. The monoisotopic (exact) mass is 430 g/mol. The third-order valence-corrected chi connectivity index (χ3v) is 6.67. The summed E-state index contributed by atoms with van der Waals surface area (Å²) < 4.78 is 0. The Balaban J connectivity index is 2.00. The fourth-order valence-electron chi connectivity index (χ4n) is 5.50. The van der Waals surface area contributed by atoms with E-state index < -0.39 is 5.41 Å². The molecule has 0 spiro atoms. The van der Waals surface area contributed by atoms with Crippen molar-refractivity contribution in [2.24, 2.45) is 0 Å². The van der Waals surface area contributed by atoms with E-state index in [4.69, 9.17) is 0 Å². The lowest BCUT2D eigenvalue weighted by atomic mass is 9.64. The van der Waals surface area contributed by atoms with E-state index in [1.165, 1.54) is 22.3 Å². The Morgan fingerprint density at radius 3 is 1.42 bits per heavy atom. The molecule has 33 heavy (non-hydrogen) atoms. The van der Waals surface area contributed by atoms with Crippen molar-refractivity contribution in [2.75, 3.05) is 0 Å². The third kappa shape index (κ3) is 3.10. The molecule has 5 rings (SSSR count). The van der Waals surface area contributed by atoms with Gasteiger partial charge in [0.05, 0.1) is 5.41 Å². The number of allylic oxidation sites excluding steroid dienone is 2. The first kappa shape index (κ1) is 20.8. The molecule has 0 unspecified atom stereocenters. The number of phenolic OH excluding ortho intramolecular Hbond substituents is 2. The molecule has 0 atom stereocenters.